The van der Waals surface area contributed by atoms with Crippen molar-refractivity contribution in [3.63, 3.8) is 0 Å². The summed E-state index contributed by atoms with van der Waals surface area (Å²) in [5.74, 6) is 0.932. The third-order valence-corrected chi connectivity index (χ3v) is 8.42. The van der Waals surface area contributed by atoms with E-state index in [1.54, 1.807) is 0 Å². The van der Waals surface area contributed by atoms with Crippen molar-refractivity contribution in [1.29, 1.82) is 0 Å². The predicted molar refractivity (Wildman–Crippen MR) is 112 cm³/mol. The van der Waals surface area contributed by atoms with Gasteiger partial charge in [-0.15, -0.1) is 0 Å². The molecule has 0 saturated heterocycles. The number of carbonyl (C=O) groups is 1. The quantitative estimate of drug-likeness (QED) is 0.639. The first-order valence-corrected chi connectivity index (χ1v) is 11.1. The molecule has 6 aliphatic carbocycles. The number of rotatable bonds is 7. The van der Waals surface area contributed by atoms with E-state index >= 15 is 0 Å². The normalized spacial score (nSPS) is 39.1. The van der Waals surface area contributed by atoms with E-state index in [-0.39, 0.29) is 35.4 Å². The molecule has 4 bridgehead atoms. The third kappa shape index (κ3) is 3.07. The van der Waals surface area contributed by atoms with Crippen molar-refractivity contribution in [2.75, 3.05) is 13.2 Å². The molecule has 0 atom stereocenters. The van der Waals surface area contributed by atoms with Crippen molar-refractivity contribution in [3.8, 4) is 5.75 Å². The standard InChI is InChI=1S/C24H31FN2O3/c25-11-17(12-26)13-30-19-3-1-18(2-4-19)21-5-8-22(9-6-21,10-7-21)20(28)27-23-14-24(29,15-23)16-23/h1-4,11,29H,5-10,12-16,26H2,(H,27,28)/b17-11+. The van der Waals surface area contributed by atoms with E-state index in [9.17, 15) is 14.3 Å². The Labute approximate surface area is 176 Å². The van der Waals surface area contributed by atoms with Crippen LogP contribution in [0.2, 0.25) is 0 Å². The molecule has 6 aliphatic rings. The molecule has 0 aliphatic heterocycles. The highest BCUT2D eigenvalue weighted by molar-refractivity contribution is 5.84. The van der Waals surface area contributed by atoms with Gasteiger partial charge in [-0.05, 0) is 80.9 Å². The molecule has 5 nitrogen and oxygen atoms in total. The molecular weight excluding hydrogens is 383 g/mol. The summed E-state index contributed by atoms with van der Waals surface area (Å²) in [5, 5.41) is 13.3. The minimum absolute atomic E-state index is 0.108. The Kier molecular flexibility index (Phi) is 4.53. The van der Waals surface area contributed by atoms with E-state index in [1.165, 1.54) is 5.56 Å². The number of carbonyl (C=O) groups excluding carboxylic acids is 1. The number of amides is 1. The minimum Gasteiger partial charge on any atom is -0.489 e. The zero-order chi connectivity index (χ0) is 21.0. The number of ether oxygens (including phenoxy) is 1. The van der Waals surface area contributed by atoms with Crippen LogP contribution in [0, 0.1) is 5.41 Å². The molecule has 6 saturated carbocycles. The van der Waals surface area contributed by atoms with Gasteiger partial charge in [-0.2, -0.15) is 0 Å². The molecule has 0 aromatic heterocycles. The van der Waals surface area contributed by atoms with Gasteiger partial charge in [0.1, 0.15) is 12.4 Å². The fourth-order valence-electron chi connectivity index (χ4n) is 6.42. The molecule has 0 spiro atoms. The summed E-state index contributed by atoms with van der Waals surface area (Å²) < 4.78 is 18.3. The first kappa shape index (κ1) is 20.0. The number of aliphatic hydroxyl groups is 1. The predicted octanol–water partition coefficient (Wildman–Crippen LogP) is 3.25. The Balaban J connectivity index is 1.20. The summed E-state index contributed by atoms with van der Waals surface area (Å²) >= 11 is 0. The Morgan fingerprint density at radius 2 is 1.70 bits per heavy atom. The van der Waals surface area contributed by atoms with E-state index in [1.807, 2.05) is 12.1 Å². The Morgan fingerprint density at radius 1 is 1.10 bits per heavy atom. The molecule has 1 aromatic rings. The number of hydrogen-bond acceptors (Lipinski definition) is 4. The molecule has 1 amide bonds. The maximum Gasteiger partial charge on any atom is 0.226 e. The molecule has 1 aromatic carbocycles. The van der Waals surface area contributed by atoms with E-state index < -0.39 is 5.60 Å². The second-order valence-electron chi connectivity index (χ2n) is 10.3. The first-order valence-electron chi connectivity index (χ1n) is 11.1. The van der Waals surface area contributed by atoms with Crippen LogP contribution in [0.4, 0.5) is 4.39 Å². The average molecular weight is 415 g/mol. The summed E-state index contributed by atoms with van der Waals surface area (Å²) in [5.41, 5.74) is 6.54. The summed E-state index contributed by atoms with van der Waals surface area (Å²) in [6.07, 6.45) is 8.57. The van der Waals surface area contributed by atoms with Crippen LogP contribution < -0.4 is 15.8 Å². The number of fused-ring (bicyclic) bond motifs is 3. The van der Waals surface area contributed by atoms with Crippen molar-refractivity contribution >= 4 is 5.91 Å². The van der Waals surface area contributed by atoms with Crippen LogP contribution in [0.5, 0.6) is 5.75 Å². The lowest BCUT2D eigenvalue weighted by Gasteiger charge is -2.68. The van der Waals surface area contributed by atoms with Crippen LogP contribution in [-0.4, -0.2) is 35.3 Å². The zero-order valence-corrected chi connectivity index (χ0v) is 17.4. The molecular formula is C24H31FN2O3. The second kappa shape index (κ2) is 6.79. The van der Waals surface area contributed by atoms with Crippen molar-refractivity contribution in [1.82, 2.24) is 5.32 Å². The highest BCUT2D eigenvalue weighted by Gasteiger charge is 2.69. The number of nitrogens with one attached hydrogen (secondary N) is 1. The monoisotopic (exact) mass is 414 g/mol. The van der Waals surface area contributed by atoms with Gasteiger partial charge in [-0.3, -0.25) is 4.79 Å². The number of benzene rings is 1. The lowest BCUT2D eigenvalue weighted by atomic mass is 9.45. The molecule has 6 heteroatoms. The Bertz CT molecular complexity index is 835. The van der Waals surface area contributed by atoms with Gasteiger partial charge in [-0.25, -0.2) is 4.39 Å². The molecule has 162 valence electrons. The summed E-state index contributed by atoms with van der Waals surface area (Å²) in [7, 11) is 0. The number of halogens is 1. The van der Waals surface area contributed by atoms with Crippen molar-refractivity contribution in [2.45, 2.75) is 74.3 Å². The van der Waals surface area contributed by atoms with E-state index in [4.69, 9.17) is 10.5 Å². The lowest BCUT2D eigenvalue weighted by molar-refractivity contribution is -0.223. The van der Waals surface area contributed by atoms with E-state index in [0.29, 0.717) is 17.7 Å². The Morgan fingerprint density at radius 3 is 2.20 bits per heavy atom. The van der Waals surface area contributed by atoms with Gasteiger partial charge in [-0.1, -0.05) is 12.1 Å². The van der Waals surface area contributed by atoms with Crippen LogP contribution in [0.3, 0.4) is 0 Å². The fraction of sp³-hybridized carbons (Fsp3) is 0.625. The van der Waals surface area contributed by atoms with Crippen LogP contribution in [0.1, 0.15) is 63.4 Å². The fourth-order valence-corrected chi connectivity index (χ4v) is 6.42. The van der Waals surface area contributed by atoms with Crippen LogP contribution in [-0.2, 0) is 10.2 Å². The van der Waals surface area contributed by atoms with E-state index in [2.05, 4.69) is 17.4 Å². The zero-order valence-electron chi connectivity index (χ0n) is 17.4. The largest absolute Gasteiger partial charge is 0.489 e. The minimum atomic E-state index is -0.483. The lowest BCUT2D eigenvalue weighted by Crippen LogP contribution is -2.79. The van der Waals surface area contributed by atoms with Gasteiger partial charge in [0.05, 0.1) is 11.9 Å². The molecule has 6 fully saturated rings. The van der Waals surface area contributed by atoms with Gasteiger partial charge >= 0.3 is 0 Å². The molecule has 7 rings (SSSR count). The second-order valence-corrected chi connectivity index (χ2v) is 10.3. The van der Waals surface area contributed by atoms with Gasteiger partial charge < -0.3 is 20.9 Å². The molecule has 30 heavy (non-hydrogen) atoms. The summed E-state index contributed by atoms with van der Waals surface area (Å²) in [6.45, 7) is 0.309. The molecule has 0 radical (unpaired) electrons. The van der Waals surface area contributed by atoms with Crippen molar-refractivity contribution < 1.29 is 19.0 Å². The average Bonchev–Trinajstić information content (AvgIpc) is 2.74. The highest BCUT2D eigenvalue weighted by Crippen LogP contribution is 2.62. The highest BCUT2D eigenvalue weighted by atomic mass is 19.1. The van der Waals surface area contributed by atoms with E-state index in [0.717, 1.165) is 57.8 Å². The smallest absolute Gasteiger partial charge is 0.226 e. The van der Waals surface area contributed by atoms with Crippen molar-refractivity contribution in [3.05, 3.63) is 41.7 Å². The SMILES string of the molecule is NC/C(=C\F)COc1ccc(C23CCC(C(=O)NC45CC(O)(C4)C5)(CC2)CC3)cc1. The number of hydrogen-bond donors (Lipinski definition) is 3. The van der Waals surface area contributed by atoms with Gasteiger partial charge in [0.25, 0.3) is 0 Å². The summed E-state index contributed by atoms with van der Waals surface area (Å²) in [4.78, 5) is 13.1. The van der Waals surface area contributed by atoms with Gasteiger partial charge in [0.15, 0.2) is 0 Å². The van der Waals surface area contributed by atoms with Crippen LogP contribution in [0.15, 0.2) is 36.2 Å². The Hall–Kier alpha value is -1.92. The maximum absolute atomic E-state index is 13.1. The number of nitrogens with two attached hydrogens (primary N) is 1. The molecule has 4 N–H and O–H groups in total. The molecule has 0 unspecified atom stereocenters. The summed E-state index contributed by atoms with van der Waals surface area (Å²) in [6, 6.07) is 8.15. The third-order valence-electron chi connectivity index (χ3n) is 8.42. The van der Waals surface area contributed by atoms with Gasteiger partial charge in [0, 0.05) is 23.1 Å². The van der Waals surface area contributed by atoms with Crippen molar-refractivity contribution in [2.24, 2.45) is 11.1 Å². The van der Waals surface area contributed by atoms with Crippen LogP contribution in [0.25, 0.3) is 0 Å². The topological polar surface area (TPSA) is 84.6 Å². The van der Waals surface area contributed by atoms with Gasteiger partial charge in [0.2, 0.25) is 5.91 Å². The van der Waals surface area contributed by atoms with Crippen LogP contribution >= 0.6 is 0 Å². The molecule has 0 heterocycles. The maximum atomic E-state index is 13.1. The first-order chi connectivity index (χ1) is 14.3.